The fourth-order valence-electron chi connectivity index (χ4n) is 2.07. The van der Waals surface area contributed by atoms with Crippen molar-refractivity contribution < 1.29 is 14.3 Å². The van der Waals surface area contributed by atoms with Gasteiger partial charge in [0.1, 0.15) is 0 Å². The van der Waals surface area contributed by atoms with Crippen LogP contribution in [0.4, 0.5) is 0 Å². The summed E-state index contributed by atoms with van der Waals surface area (Å²) >= 11 is 6.14. The predicted octanol–water partition coefficient (Wildman–Crippen LogP) is 2.85. The number of carbonyl (C=O) groups excluding carboxylic acids is 1. The van der Waals surface area contributed by atoms with E-state index in [4.69, 9.17) is 21.1 Å². The molecular formula is C16H17ClN4O3. The highest BCUT2D eigenvalue weighted by atomic mass is 35.5. The molecule has 0 fully saturated rings. The van der Waals surface area contributed by atoms with Crippen LogP contribution in [0, 0.1) is 0 Å². The highest BCUT2D eigenvalue weighted by Gasteiger charge is 2.19. The van der Waals surface area contributed by atoms with Gasteiger partial charge in [0.25, 0.3) is 5.91 Å². The van der Waals surface area contributed by atoms with E-state index >= 15 is 0 Å². The number of carbonyl (C=O) groups is 1. The van der Waals surface area contributed by atoms with Crippen molar-refractivity contribution in [3.8, 4) is 11.5 Å². The largest absolute Gasteiger partial charge is 0.454 e. The van der Waals surface area contributed by atoms with Gasteiger partial charge in [0.15, 0.2) is 17.2 Å². The molecular weight excluding hydrogens is 332 g/mol. The Bertz CT molecular complexity index is 808. The van der Waals surface area contributed by atoms with Crippen molar-refractivity contribution in [2.24, 2.45) is 5.10 Å². The monoisotopic (exact) mass is 348 g/mol. The van der Waals surface area contributed by atoms with Crippen molar-refractivity contribution in [3.05, 3.63) is 40.2 Å². The number of benzene rings is 1. The third-order valence-corrected chi connectivity index (χ3v) is 3.81. The number of fused-ring (bicyclic) bond motifs is 1. The summed E-state index contributed by atoms with van der Waals surface area (Å²) in [6, 6.07) is 5.06. The van der Waals surface area contributed by atoms with Crippen LogP contribution < -0.4 is 14.9 Å². The number of nitrogens with zero attached hydrogens (tertiary/aromatic N) is 2. The summed E-state index contributed by atoms with van der Waals surface area (Å²) in [6.07, 6.45) is 1.44. The molecule has 1 amide bonds. The smallest absolute Gasteiger partial charge is 0.291 e. The number of halogens is 1. The van der Waals surface area contributed by atoms with Gasteiger partial charge in [0, 0.05) is 22.7 Å². The van der Waals surface area contributed by atoms with E-state index in [9.17, 15) is 4.79 Å². The van der Waals surface area contributed by atoms with Crippen molar-refractivity contribution in [2.75, 3.05) is 6.79 Å². The minimum absolute atomic E-state index is 0.116. The van der Waals surface area contributed by atoms with Crippen LogP contribution in [-0.2, 0) is 5.41 Å². The van der Waals surface area contributed by atoms with Gasteiger partial charge < -0.3 is 9.47 Å². The number of hydrogen-bond donors (Lipinski definition) is 2. The van der Waals surface area contributed by atoms with Crippen LogP contribution in [-0.4, -0.2) is 29.1 Å². The lowest BCUT2D eigenvalue weighted by molar-refractivity contribution is 0.0950. The summed E-state index contributed by atoms with van der Waals surface area (Å²) in [6.45, 7) is 6.25. The quantitative estimate of drug-likeness (QED) is 0.659. The second kappa shape index (κ2) is 6.16. The first-order valence-electron chi connectivity index (χ1n) is 7.33. The van der Waals surface area contributed by atoms with Crippen LogP contribution in [0.1, 0.15) is 42.5 Å². The molecule has 0 unspecified atom stereocenters. The van der Waals surface area contributed by atoms with Gasteiger partial charge in [-0.3, -0.25) is 9.89 Å². The summed E-state index contributed by atoms with van der Waals surface area (Å²) in [5.41, 5.74) is 4.06. The maximum Gasteiger partial charge on any atom is 0.291 e. The number of rotatable bonds is 3. The number of amides is 1. The SMILES string of the molecule is CC(C)(C)c1cc(C(=O)N/N=C/c2cc3c(cc2Cl)OCO3)n[nH]1. The molecule has 3 rings (SSSR count). The fourth-order valence-corrected chi connectivity index (χ4v) is 2.27. The van der Waals surface area contributed by atoms with E-state index in [2.05, 4.69) is 20.7 Å². The maximum absolute atomic E-state index is 12.1. The zero-order chi connectivity index (χ0) is 17.3. The summed E-state index contributed by atoms with van der Waals surface area (Å²) in [4.78, 5) is 12.1. The average Bonchev–Trinajstić information content (AvgIpc) is 3.15. The molecule has 7 nitrogen and oxygen atoms in total. The first-order valence-corrected chi connectivity index (χ1v) is 7.71. The molecule has 8 heteroatoms. The Morgan fingerprint density at radius 3 is 2.71 bits per heavy atom. The van der Waals surface area contributed by atoms with Crippen LogP contribution in [0.2, 0.25) is 5.02 Å². The molecule has 0 radical (unpaired) electrons. The molecule has 0 aliphatic carbocycles. The van der Waals surface area contributed by atoms with Gasteiger partial charge in [-0.1, -0.05) is 32.4 Å². The Hall–Kier alpha value is -2.54. The Labute approximate surface area is 144 Å². The lowest BCUT2D eigenvalue weighted by Crippen LogP contribution is -2.18. The number of aromatic amines is 1. The van der Waals surface area contributed by atoms with Crippen LogP contribution in [0.25, 0.3) is 0 Å². The summed E-state index contributed by atoms with van der Waals surface area (Å²) in [5.74, 6) is 0.775. The third-order valence-electron chi connectivity index (χ3n) is 3.48. The topological polar surface area (TPSA) is 88.6 Å². The summed E-state index contributed by atoms with van der Waals surface area (Å²) < 4.78 is 10.5. The van der Waals surface area contributed by atoms with Gasteiger partial charge in [0.2, 0.25) is 6.79 Å². The van der Waals surface area contributed by atoms with Crippen molar-refractivity contribution >= 4 is 23.7 Å². The van der Waals surface area contributed by atoms with Gasteiger partial charge >= 0.3 is 0 Å². The minimum Gasteiger partial charge on any atom is -0.454 e. The van der Waals surface area contributed by atoms with Crippen LogP contribution in [0.15, 0.2) is 23.3 Å². The number of nitrogens with one attached hydrogen (secondary N) is 2. The summed E-state index contributed by atoms with van der Waals surface area (Å²) in [7, 11) is 0. The summed E-state index contributed by atoms with van der Waals surface area (Å²) in [5, 5.41) is 11.2. The lowest BCUT2D eigenvalue weighted by Gasteiger charge is -2.14. The van der Waals surface area contributed by atoms with Crippen molar-refractivity contribution in [3.63, 3.8) is 0 Å². The first-order chi connectivity index (χ1) is 11.3. The van der Waals surface area contributed by atoms with Crippen molar-refractivity contribution in [1.29, 1.82) is 0 Å². The van der Waals surface area contributed by atoms with Gasteiger partial charge in [-0.15, -0.1) is 0 Å². The van der Waals surface area contributed by atoms with E-state index < -0.39 is 5.91 Å². The van der Waals surface area contributed by atoms with Crippen LogP contribution >= 0.6 is 11.6 Å². The van der Waals surface area contributed by atoms with Crippen molar-refractivity contribution in [2.45, 2.75) is 26.2 Å². The standard InChI is InChI=1S/C16H17ClN4O3/c1-16(2,3)14-6-11(19-20-14)15(22)21-18-7-9-4-12-13(5-10(9)17)24-8-23-12/h4-7H,8H2,1-3H3,(H,19,20)(H,21,22)/b18-7+. The van der Waals surface area contributed by atoms with Crippen LogP contribution in [0.3, 0.4) is 0 Å². The van der Waals surface area contributed by atoms with E-state index in [1.807, 2.05) is 20.8 Å². The molecule has 2 heterocycles. The molecule has 1 aliphatic rings. The number of hydrogen-bond acceptors (Lipinski definition) is 5. The van der Waals surface area contributed by atoms with Gasteiger partial charge in [0.05, 0.1) is 11.2 Å². The Balaban J connectivity index is 1.68. The molecule has 0 saturated heterocycles. The molecule has 2 N–H and O–H groups in total. The van der Waals surface area contributed by atoms with E-state index in [0.29, 0.717) is 22.1 Å². The van der Waals surface area contributed by atoms with Crippen LogP contribution in [0.5, 0.6) is 11.5 Å². The molecule has 1 aliphatic heterocycles. The molecule has 1 aromatic carbocycles. The molecule has 0 bridgehead atoms. The van der Waals surface area contributed by atoms with Gasteiger partial charge in [-0.25, -0.2) is 5.43 Å². The highest BCUT2D eigenvalue weighted by Crippen LogP contribution is 2.36. The predicted molar refractivity (Wildman–Crippen MR) is 89.9 cm³/mol. The molecule has 0 saturated carbocycles. The number of ether oxygens (including phenoxy) is 2. The number of hydrazone groups is 1. The Morgan fingerprint density at radius 2 is 2.04 bits per heavy atom. The second-order valence-electron chi connectivity index (χ2n) is 6.34. The Morgan fingerprint density at radius 1 is 1.33 bits per heavy atom. The minimum atomic E-state index is -0.408. The normalized spacial score (nSPS) is 13.5. The molecule has 2 aromatic rings. The number of aromatic nitrogens is 2. The average molecular weight is 349 g/mol. The van der Waals surface area contributed by atoms with Crippen molar-refractivity contribution in [1.82, 2.24) is 15.6 Å². The van der Waals surface area contributed by atoms with E-state index in [-0.39, 0.29) is 17.9 Å². The first kappa shape index (κ1) is 16.3. The number of H-pyrrole nitrogens is 1. The third kappa shape index (κ3) is 3.35. The second-order valence-corrected chi connectivity index (χ2v) is 6.75. The lowest BCUT2D eigenvalue weighted by atomic mass is 9.92. The molecule has 126 valence electrons. The molecule has 0 spiro atoms. The molecule has 1 aromatic heterocycles. The highest BCUT2D eigenvalue weighted by molar-refractivity contribution is 6.33. The van der Waals surface area contributed by atoms with E-state index in [1.54, 1.807) is 18.2 Å². The Kier molecular flexibility index (Phi) is 4.19. The zero-order valence-electron chi connectivity index (χ0n) is 13.5. The fraction of sp³-hybridized carbons (Fsp3) is 0.312. The molecule has 0 atom stereocenters. The van der Waals surface area contributed by atoms with E-state index in [1.165, 1.54) is 6.21 Å². The van der Waals surface area contributed by atoms with E-state index in [0.717, 1.165) is 5.69 Å². The molecule has 24 heavy (non-hydrogen) atoms. The van der Waals surface area contributed by atoms with Gasteiger partial charge in [-0.05, 0) is 12.1 Å². The van der Waals surface area contributed by atoms with Gasteiger partial charge in [-0.2, -0.15) is 10.2 Å². The maximum atomic E-state index is 12.1. The zero-order valence-corrected chi connectivity index (χ0v) is 14.3.